The van der Waals surface area contributed by atoms with E-state index in [-0.39, 0.29) is 32.4 Å². The van der Waals surface area contributed by atoms with Crippen LogP contribution in [0, 0.1) is 0 Å². The first kappa shape index (κ1) is 58.6. The van der Waals surface area contributed by atoms with E-state index < -0.39 is 147 Å². The van der Waals surface area contributed by atoms with E-state index in [1.807, 2.05) is 36.4 Å². The maximum atomic E-state index is 14.0. The summed E-state index contributed by atoms with van der Waals surface area (Å²) in [7, 11) is 0. The highest BCUT2D eigenvalue weighted by molar-refractivity contribution is 5.68. The van der Waals surface area contributed by atoms with Crippen LogP contribution < -0.4 is 0 Å². The van der Waals surface area contributed by atoms with Crippen molar-refractivity contribution in [2.24, 2.45) is 25.6 Å². The van der Waals surface area contributed by atoms with Crippen molar-refractivity contribution in [3.63, 3.8) is 0 Å². The summed E-state index contributed by atoms with van der Waals surface area (Å²) in [5.41, 5.74) is 49.4. The maximum Gasteiger partial charge on any atom is 0.410 e. The van der Waals surface area contributed by atoms with Gasteiger partial charge < -0.3 is 57.6 Å². The van der Waals surface area contributed by atoms with Gasteiger partial charge in [-0.3, -0.25) is 19.3 Å². The van der Waals surface area contributed by atoms with Gasteiger partial charge in [0.1, 0.15) is 49.8 Å². The average molecular weight is 1080 g/mol. The highest BCUT2D eigenvalue weighted by Crippen LogP contribution is 2.40. The molecule has 4 aliphatic rings. The minimum atomic E-state index is -1.90. The highest BCUT2D eigenvalue weighted by Gasteiger charge is 2.57. The van der Waals surface area contributed by atoms with Crippen LogP contribution in [-0.4, -0.2) is 162 Å². The number of hydrogen-bond acceptors (Lipinski definition) is 21. The van der Waals surface area contributed by atoms with Crippen LogP contribution in [0.3, 0.4) is 0 Å². The summed E-state index contributed by atoms with van der Waals surface area (Å²) >= 11 is 0. The Morgan fingerprint density at radius 2 is 1.19 bits per heavy atom. The van der Waals surface area contributed by atoms with Gasteiger partial charge in [0.2, 0.25) is 0 Å². The Morgan fingerprint density at radius 1 is 0.623 bits per heavy atom. The van der Waals surface area contributed by atoms with Crippen LogP contribution in [0.4, 0.5) is 4.79 Å². The summed E-state index contributed by atoms with van der Waals surface area (Å²) in [5, 5.41) is 40.5. The summed E-state index contributed by atoms with van der Waals surface area (Å²) in [4.78, 5) is 68.0. The molecule has 412 valence electrons. The molecule has 3 aliphatic heterocycles. The lowest BCUT2D eigenvalue weighted by molar-refractivity contribution is -0.293. The normalized spacial score (nSPS) is 31.8. The van der Waals surface area contributed by atoms with Gasteiger partial charge in [-0.2, -0.15) is 0 Å². The Morgan fingerprint density at radius 3 is 1.81 bits per heavy atom. The molecule has 32 nitrogen and oxygen atoms in total. The average Bonchev–Trinajstić information content (AvgIpc) is 3.74. The lowest BCUT2D eigenvalue weighted by Gasteiger charge is -2.47. The predicted octanol–water partition coefficient (Wildman–Crippen LogP) is 5.90. The third-order valence-electron chi connectivity index (χ3n) is 12.9. The fourth-order valence-corrected chi connectivity index (χ4v) is 9.34. The molecule has 2 N–H and O–H groups in total. The van der Waals surface area contributed by atoms with Gasteiger partial charge in [0.15, 0.2) is 25.0 Å². The van der Waals surface area contributed by atoms with Crippen LogP contribution in [0.2, 0.25) is 0 Å². The van der Waals surface area contributed by atoms with E-state index in [0.717, 1.165) is 31.9 Å². The van der Waals surface area contributed by atoms with Crippen LogP contribution in [0.25, 0.3) is 52.2 Å². The van der Waals surface area contributed by atoms with Crippen molar-refractivity contribution < 1.29 is 76.8 Å². The minimum Gasteiger partial charge on any atom is -0.463 e. The van der Waals surface area contributed by atoms with Crippen LogP contribution in [0.1, 0.15) is 58.1 Å². The number of esters is 3. The van der Waals surface area contributed by atoms with Gasteiger partial charge in [-0.1, -0.05) is 86.2 Å². The summed E-state index contributed by atoms with van der Waals surface area (Å²) < 4.78 is 60.8. The lowest BCUT2D eigenvalue weighted by atomic mass is 9.83. The van der Waals surface area contributed by atoms with Gasteiger partial charge in [-0.05, 0) is 65.0 Å². The number of carbonyl (C=O) groups excluding carboxylic acids is 4. The number of azide groups is 5. The van der Waals surface area contributed by atoms with Crippen LogP contribution in [0.15, 0.2) is 86.2 Å². The number of amides is 1. The van der Waals surface area contributed by atoms with Crippen molar-refractivity contribution in [3.8, 4) is 0 Å². The maximum absolute atomic E-state index is 14.0. The number of ether oxygens (including phenoxy) is 10. The molecule has 1 unspecified atom stereocenters. The van der Waals surface area contributed by atoms with Crippen LogP contribution in [0.5, 0.6) is 0 Å². The van der Waals surface area contributed by atoms with Gasteiger partial charge >= 0.3 is 24.0 Å². The highest BCUT2D eigenvalue weighted by atomic mass is 16.8. The summed E-state index contributed by atoms with van der Waals surface area (Å²) in [6.45, 7) is 3.67. The summed E-state index contributed by atoms with van der Waals surface area (Å²) in [6.07, 6.45) is -22.0. The van der Waals surface area contributed by atoms with Crippen molar-refractivity contribution in [1.82, 2.24) is 4.90 Å². The molecule has 2 aromatic rings. The van der Waals surface area contributed by atoms with Crippen molar-refractivity contribution in [3.05, 3.63) is 124 Å². The first-order valence-corrected chi connectivity index (χ1v) is 24.1. The van der Waals surface area contributed by atoms with E-state index in [0.29, 0.717) is 0 Å². The van der Waals surface area contributed by atoms with Crippen molar-refractivity contribution >= 4 is 24.0 Å². The Kier molecular flexibility index (Phi) is 21.7. The number of nitrogens with zero attached hydrogens (tertiary/aromatic N) is 16. The zero-order valence-corrected chi connectivity index (χ0v) is 41.9. The number of aliphatic hydroxyl groups excluding tert-OH is 2. The molecule has 1 amide bonds. The molecule has 77 heavy (non-hydrogen) atoms. The Labute approximate surface area is 437 Å². The third-order valence-corrected chi connectivity index (χ3v) is 12.9. The molecule has 0 radical (unpaired) electrons. The molecule has 3 heterocycles. The van der Waals surface area contributed by atoms with Crippen molar-refractivity contribution in [2.45, 2.75) is 170 Å². The molecule has 4 fully saturated rings. The molecule has 6 rings (SSSR count). The lowest BCUT2D eigenvalue weighted by Crippen LogP contribution is -2.62. The Balaban J connectivity index is 1.39. The number of aliphatic hydroxyl groups is 2. The predicted molar refractivity (Wildman–Crippen MR) is 258 cm³/mol. The second kappa shape index (κ2) is 28.5. The van der Waals surface area contributed by atoms with E-state index in [1.54, 1.807) is 31.2 Å². The fourth-order valence-electron chi connectivity index (χ4n) is 9.34. The van der Waals surface area contributed by atoms with E-state index in [1.165, 1.54) is 4.90 Å². The number of benzene rings is 2. The number of carbonyl (C=O) groups is 4. The molecular weight excluding hydrogens is 1020 g/mol. The Hall–Kier alpha value is -7.65. The van der Waals surface area contributed by atoms with E-state index >= 15 is 0 Å². The molecule has 0 bridgehead atoms. The molecule has 2 aromatic carbocycles. The standard InChI is InChI=1S/C45H56N16O16/c1-22(61(19-26-11-7-5-8-12-26)45(67)69-20-27-13-9-6-10-14-27)31-16-15-28(52-57-47)42(72-31)75-38-30(54-59-49)17-29(53-58-48)37(70-24(3)63)40(38)77-44-41(71-25(4)64)39(33(74-44)21-68-23(2)62)76-43-34(55-60-50)36(66)35(65)32(73-43)18-51-56-46/h5-14,22,28-44,65-66H,15-21H2,1-4H3/t22?,28-,29+,30-,31+,32-,33+,34+,35-,36+,37-,38+,39+,40+,41+,42-,43+,44-/m0/s1. The molecule has 0 spiro atoms. The largest absolute Gasteiger partial charge is 0.463 e. The fraction of sp³-hybridized carbons (Fsp3) is 0.644. The van der Waals surface area contributed by atoms with E-state index in [2.05, 4.69) is 50.1 Å². The third kappa shape index (κ3) is 15.5. The number of hydrogen-bond donors (Lipinski definition) is 2. The molecule has 18 atom stereocenters. The van der Waals surface area contributed by atoms with Crippen LogP contribution >= 0.6 is 0 Å². The van der Waals surface area contributed by atoms with Gasteiger partial charge in [0, 0.05) is 51.9 Å². The molecule has 0 aromatic heterocycles. The van der Waals surface area contributed by atoms with Crippen LogP contribution in [-0.2, 0) is 74.9 Å². The molecule has 32 heteroatoms. The molecular formula is C45H56N16O16. The number of rotatable bonds is 22. The zero-order chi connectivity index (χ0) is 55.6. The SMILES string of the molecule is CC(=O)OC[C@H]1O[C@@H](O[C@@H]2[C@@H](OC(C)=O)[C@H](N=[N+]=[N-])C[C@H](N=[N+]=[N-])[C@H]2O[C@@H]2O[C@@H](C(C)N(Cc3ccccc3)C(=O)OCc3ccccc3)CC[C@@H]2N=[N+]=[N-])[C@H](OC(C)=O)[C@@H]1O[C@H]1O[C@@H](CN=[N+]=[N-])[C@H](O)[C@H](O)[C@H]1N=[N+]=[N-]. The Bertz CT molecular complexity index is 2600. The molecule has 1 aliphatic carbocycles. The quantitative estimate of drug-likeness (QED) is 0.0455. The monoisotopic (exact) mass is 1080 g/mol. The van der Waals surface area contributed by atoms with E-state index in [4.69, 9.17) is 52.9 Å². The van der Waals surface area contributed by atoms with Gasteiger partial charge in [0.25, 0.3) is 0 Å². The van der Waals surface area contributed by atoms with Gasteiger partial charge in [0.05, 0.1) is 55.1 Å². The minimum absolute atomic E-state index is 0.0459. The van der Waals surface area contributed by atoms with Gasteiger partial charge in [-0.15, -0.1) is 0 Å². The second-order valence-corrected chi connectivity index (χ2v) is 18.0. The second-order valence-electron chi connectivity index (χ2n) is 18.0. The van der Waals surface area contributed by atoms with E-state index in [9.17, 15) is 51.5 Å². The zero-order valence-electron chi connectivity index (χ0n) is 41.9. The first-order chi connectivity index (χ1) is 37.1. The first-order valence-electron chi connectivity index (χ1n) is 24.1. The topological polar surface area (TPSA) is 448 Å². The summed E-state index contributed by atoms with van der Waals surface area (Å²) in [6, 6.07) is 11.8. The molecule has 3 saturated heterocycles. The smallest absolute Gasteiger partial charge is 0.410 e. The van der Waals surface area contributed by atoms with Crippen molar-refractivity contribution in [2.75, 3.05) is 13.2 Å². The molecule has 1 saturated carbocycles. The summed E-state index contributed by atoms with van der Waals surface area (Å²) in [5.74, 6) is -2.73. The van der Waals surface area contributed by atoms with Crippen molar-refractivity contribution in [1.29, 1.82) is 0 Å². The van der Waals surface area contributed by atoms with Gasteiger partial charge in [-0.25, -0.2) is 4.79 Å².